The van der Waals surface area contributed by atoms with Crippen molar-refractivity contribution in [1.29, 1.82) is 5.26 Å². The Morgan fingerprint density at radius 3 is 2.42 bits per heavy atom. The molecule has 1 aliphatic heterocycles. The van der Waals surface area contributed by atoms with E-state index in [9.17, 15) is 14.9 Å². The first-order valence-electron chi connectivity index (χ1n) is 13.5. The summed E-state index contributed by atoms with van der Waals surface area (Å²) in [4.78, 5) is 31.4. The third-order valence-corrected chi connectivity index (χ3v) is 8.56. The Morgan fingerprint density at radius 1 is 1.15 bits per heavy atom. The number of benzene rings is 1. The van der Waals surface area contributed by atoms with Gasteiger partial charge in [-0.15, -0.1) is 0 Å². The Balaban J connectivity index is 1.73. The summed E-state index contributed by atoms with van der Waals surface area (Å²) in [6, 6.07) is 12.9. The molecule has 1 saturated heterocycles. The molecular formula is C32H36F2N2O4. The molecule has 8 heteroatoms. The fraction of sp³-hybridized carbons (Fsp3) is 0.500. The fourth-order valence-corrected chi connectivity index (χ4v) is 6.31. The van der Waals surface area contributed by atoms with Gasteiger partial charge in [0.15, 0.2) is 0 Å². The highest BCUT2D eigenvalue weighted by Gasteiger charge is 2.74. The fourth-order valence-electron chi connectivity index (χ4n) is 6.31. The molecule has 0 amide bonds. The maximum Gasteiger partial charge on any atom is 0.314 e. The predicted octanol–water partition coefficient (Wildman–Crippen LogP) is 6.84. The number of pyridine rings is 1. The van der Waals surface area contributed by atoms with Crippen molar-refractivity contribution < 1.29 is 27.8 Å². The van der Waals surface area contributed by atoms with Gasteiger partial charge in [0, 0.05) is 35.6 Å². The van der Waals surface area contributed by atoms with Crippen LogP contribution in [0.1, 0.15) is 66.1 Å². The molecule has 0 bridgehead atoms. The smallest absolute Gasteiger partial charge is 0.314 e. The number of esters is 2. The largest absolute Gasteiger partial charge is 0.462 e. The maximum atomic E-state index is 15.8. The first-order valence-corrected chi connectivity index (χ1v) is 13.5. The number of alkyl halides is 2. The number of carbonyl (C=O) groups excluding carboxylic acids is 2. The highest BCUT2D eigenvalue weighted by atomic mass is 19.3. The Hall–Kier alpha value is -3.60. The SMILES string of the molecule is C[C@H]1OC(=O)[C@]2(C(C)(C)C(=O)OC(C)(C)C)CC(F)(F)[C@@H](C)[C@H](/C=C/c3ccc(-c4ccccc4C#N)cn3)[C@H]12. The van der Waals surface area contributed by atoms with Gasteiger partial charge in [0.25, 0.3) is 5.92 Å². The average molecular weight is 551 g/mol. The molecule has 0 radical (unpaired) electrons. The van der Waals surface area contributed by atoms with E-state index in [1.165, 1.54) is 20.8 Å². The van der Waals surface area contributed by atoms with Crippen LogP contribution < -0.4 is 0 Å². The lowest BCUT2D eigenvalue weighted by atomic mass is 9.48. The average Bonchev–Trinajstić information content (AvgIpc) is 3.13. The third-order valence-electron chi connectivity index (χ3n) is 8.56. The molecule has 5 atom stereocenters. The second-order valence-corrected chi connectivity index (χ2v) is 12.5. The van der Waals surface area contributed by atoms with E-state index in [1.54, 1.807) is 64.2 Å². The van der Waals surface area contributed by atoms with E-state index in [4.69, 9.17) is 9.47 Å². The summed E-state index contributed by atoms with van der Waals surface area (Å²) >= 11 is 0. The molecule has 1 aliphatic carbocycles. The second kappa shape index (κ2) is 10.1. The summed E-state index contributed by atoms with van der Waals surface area (Å²) in [5.74, 6) is -7.33. The summed E-state index contributed by atoms with van der Waals surface area (Å²) in [6.45, 7) is 11.3. The van der Waals surface area contributed by atoms with Crippen LogP contribution in [0.2, 0.25) is 0 Å². The van der Waals surface area contributed by atoms with E-state index in [2.05, 4.69) is 11.1 Å². The molecule has 0 N–H and O–H groups in total. The van der Waals surface area contributed by atoms with E-state index < -0.39 is 64.6 Å². The Kier molecular flexibility index (Phi) is 7.42. The molecule has 0 spiro atoms. The minimum Gasteiger partial charge on any atom is -0.462 e. The second-order valence-electron chi connectivity index (χ2n) is 12.5. The van der Waals surface area contributed by atoms with Gasteiger partial charge in [0.2, 0.25) is 0 Å². The summed E-state index contributed by atoms with van der Waals surface area (Å²) in [6.07, 6.45) is 3.50. The molecule has 6 nitrogen and oxygen atoms in total. The zero-order valence-corrected chi connectivity index (χ0v) is 24.0. The van der Waals surface area contributed by atoms with Gasteiger partial charge in [0.05, 0.1) is 28.2 Å². The summed E-state index contributed by atoms with van der Waals surface area (Å²) in [5, 5.41) is 9.41. The molecule has 1 aromatic carbocycles. The standard InChI is InChI=1S/C32H36F2N2O4/c1-19-24(15-14-23-13-12-22(17-36-23)25-11-9-8-10-21(25)16-35)26-20(2)39-28(38)31(26,18-32(19,33)34)30(6,7)27(37)40-29(3,4)5/h8-15,17,19-20,24,26H,18H2,1-7H3/b15-14+/t19-,20+,24-,26-,31-/m0/s1. The van der Waals surface area contributed by atoms with Crippen LogP contribution in [0.25, 0.3) is 17.2 Å². The zero-order chi connectivity index (χ0) is 29.7. The molecule has 40 heavy (non-hydrogen) atoms. The van der Waals surface area contributed by atoms with E-state index in [-0.39, 0.29) is 0 Å². The van der Waals surface area contributed by atoms with Gasteiger partial charge < -0.3 is 9.47 Å². The zero-order valence-electron chi connectivity index (χ0n) is 24.0. The number of halogens is 2. The molecule has 1 aromatic heterocycles. The van der Waals surface area contributed by atoms with Crippen molar-refractivity contribution in [2.45, 2.75) is 72.5 Å². The molecule has 1 saturated carbocycles. The molecule has 2 aliphatic rings. The number of carbonyl (C=O) groups is 2. The van der Waals surface area contributed by atoms with E-state index in [0.717, 1.165) is 11.1 Å². The van der Waals surface area contributed by atoms with Crippen molar-refractivity contribution in [1.82, 2.24) is 4.98 Å². The molecule has 2 aromatic rings. The van der Waals surface area contributed by atoms with E-state index in [0.29, 0.717) is 11.3 Å². The van der Waals surface area contributed by atoms with Gasteiger partial charge in [-0.05, 0) is 65.7 Å². The number of ether oxygens (including phenoxy) is 2. The van der Waals surface area contributed by atoms with Crippen LogP contribution in [-0.2, 0) is 19.1 Å². The Morgan fingerprint density at radius 2 is 1.82 bits per heavy atom. The lowest BCUT2D eigenvalue weighted by molar-refractivity contribution is -0.208. The van der Waals surface area contributed by atoms with Crippen LogP contribution in [-0.4, -0.2) is 34.6 Å². The van der Waals surface area contributed by atoms with Crippen molar-refractivity contribution in [3.05, 3.63) is 59.9 Å². The van der Waals surface area contributed by atoms with Gasteiger partial charge in [-0.1, -0.05) is 37.3 Å². The van der Waals surface area contributed by atoms with E-state index >= 15 is 8.78 Å². The van der Waals surface area contributed by atoms with Crippen LogP contribution in [0.3, 0.4) is 0 Å². The Bertz CT molecular complexity index is 1370. The van der Waals surface area contributed by atoms with Crippen molar-refractivity contribution in [3.8, 4) is 17.2 Å². The number of aromatic nitrogens is 1. The van der Waals surface area contributed by atoms with Crippen LogP contribution in [0.15, 0.2) is 48.7 Å². The number of hydrogen-bond donors (Lipinski definition) is 0. The highest BCUT2D eigenvalue weighted by molar-refractivity contribution is 5.90. The molecule has 0 unspecified atom stereocenters. The minimum absolute atomic E-state index is 0.523. The number of nitriles is 1. The summed E-state index contributed by atoms with van der Waals surface area (Å²) < 4.78 is 42.8. The normalized spacial score (nSPS) is 28.1. The van der Waals surface area contributed by atoms with E-state index in [1.807, 2.05) is 18.2 Å². The van der Waals surface area contributed by atoms with Gasteiger partial charge in [-0.3, -0.25) is 14.6 Å². The van der Waals surface area contributed by atoms with Gasteiger partial charge >= 0.3 is 11.9 Å². The number of nitrogens with zero attached hydrogens (tertiary/aromatic N) is 2. The van der Waals surface area contributed by atoms with Crippen molar-refractivity contribution in [2.75, 3.05) is 0 Å². The van der Waals surface area contributed by atoms with Crippen molar-refractivity contribution in [2.24, 2.45) is 28.6 Å². The highest BCUT2D eigenvalue weighted by Crippen LogP contribution is 2.65. The summed E-state index contributed by atoms with van der Waals surface area (Å²) in [7, 11) is 0. The topological polar surface area (TPSA) is 89.3 Å². The molecule has 2 fully saturated rings. The number of fused-ring (bicyclic) bond motifs is 1. The lowest BCUT2D eigenvalue weighted by Crippen LogP contribution is -2.61. The monoisotopic (exact) mass is 550 g/mol. The van der Waals surface area contributed by atoms with Crippen LogP contribution in [0, 0.1) is 39.9 Å². The van der Waals surface area contributed by atoms with Gasteiger partial charge in [0.1, 0.15) is 11.7 Å². The Labute approximate surface area is 234 Å². The van der Waals surface area contributed by atoms with Crippen LogP contribution in [0.4, 0.5) is 8.78 Å². The molecule has 4 rings (SSSR count). The first kappa shape index (κ1) is 29.4. The molecule has 212 valence electrons. The van der Waals surface area contributed by atoms with Crippen LogP contribution >= 0.6 is 0 Å². The maximum absolute atomic E-state index is 15.8. The van der Waals surface area contributed by atoms with Crippen molar-refractivity contribution in [3.63, 3.8) is 0 Å². The predicted molar refractivity (Wildman–Crippen MR) is 147 cm³/mol. The van der Waals surface area contributed by atoms with Gasteiger partial charge in [-0.2, -0.15) is 5.26 Å². The first-order chi connectivity index (χ1) is 18.5. The van der Waals surface area contributed by atoms with Gasteiger partial charge in [-0.25, -0.2) is 8.78 Å². The van der Waals surface area contributed by atoms with Crippen molar-refractivity contribution >= 4 is 18.0 Å². The molecular weight excluding hydrogens is 514 g/mol. The third kappa shape index (κ3) is 4.91. The number of rotatable bonds is 5. The minimum atomic E-state index is -3.24. The number of allylic oxidation sites excluding steroid dienone is 1. The number of hydrogen-bond acceptors (Lipinski definition) is 6. The lowest BCUT2D eigenvalue weighted by Gasteiger charge is -2.53. The number of cyclic esters (lactones) is 1. The quantitative estimate of drug-likeness (QED) is 0.379. The molecule has 2 heterocycles. The van der Waals surface area contributed by atoms with Crippen LogP contribution in [0.5, 0.6) is 0 Å². The summed E-state index contributed by atoms with van der Waals surface area (Å²) in [5.41, 5.74) is -1.64.